The highest BCUT2D eigenvalue weighted by molar-refractivity contribution is 6.99. The topological polar surface area (TPSA) is 110 Å². The second-order valence-electron chi connectivity index (χ2n) is 21.6. The average molecular weight is 919 g/mol. The Morgan fingerprint density at radius 1 is 0.576 bits per heavy atom. The molecular formula is C59H86O6Si. The standard InChI is InChI=1S/C37H50O3Si.C21H32O3.CH4/c1-5-6-9-16-29(38)22-23-32-33-24-27-15-14-21-35(39)34(27)25-28(33)26-36(32)40-41(37(2,3)4,30-17-10-7-11-18-30)31-19-12-8-13-20-31;1-2-3-4-7-16(22)9-10-17-18-11-14-6-5-8-20(23)19(14)12-15(18)13-21(17)24;/h7-8,10-15,17-21,28-29,32-33,36,38-39H,5-6,9,16,22-26H2,1-4H3;5-6,8,15-18,21-24H,2-4,7,9-13H2,1H3;1H4/t28-,29-,32+,33-,36+;15-,16-,17+,18-,21+;/m00./s1. The Labute approximate surface area is 400 Å². The molecule has 66 heavy (non-hydrogen) atoms. The van der Waals surface area contributed by atoms with Crippen LogP contribution < -0.4 is 10.4 Å². The van der Waals surface area contributed by atoms with Gasteiger partial charge in [0.2, 0.25) is 0 Å². The van der Waals surface area contributed by atoms with Crippen LogP contribution in [0, 0.1) is 35.5 Å². The third-order valence-electron chi connectivity index (χ3n) is 16.4. The molecule has 0 aromatic heterocycles. The summed E-state index contributed by atoms with van der Waals surface area (Å²) in [7, 11) is -2.71. The molecule has 0 unspecified atom stereocenters. The fourth-order valence-corrected chi connectivity index (χ4v) is 17.7. The number of aromatic hydroxyl groups is 2. The van der Waals surface area contributed by atoms with Crippen LogP contribution in [-0.2, 0) is 30.1 Å². The average Bonchev–Trinajstić information content (AvgIpc) is 3.79. The van der Waals surface area contributed by atoms with Crippen LogP contribution >= 0.6 is 0 Å². The first kappa shape index (κ1) is 51.9. The molecule has 4 aliphatic carbocycles. The lowest BCUT2D eigenvalue weighted by atomic mass is 9.73. The number of rotatable bonds is 18. The first-order valence-corrected chi connectivity index (χ1v) is 27.7. The predicted octanol–water partition coefficient (Wildman–Crippen LogP) is 11.9. The van der Waals surface area contributed by atoms with Gasteiger partial charge in [0.15, 0.2) is 0 Å². The summed E-state index contributed by atoms with van der Waals surface area (Å²) < 4.78 is 7.79. The Morgan fingerprint density at radius 2 is 1.03 bits per heavy atom. The van der Waals surface area contributed by atoms with Gasteiger partial charge in [-0.15, -0.1) is 0 Å². The minimum atomic E-state index is -2.71. The van der Waals surface area contributed by atoms with E-state index in [0.717, 1.165) is 101 Å². The van der Waals surface area contributed by atoms with Crippen LogP contribution in [0.15, 0.2) is 97.1 Å². The molecule has 4 aliphatic rings. The van der Waals surface area contributed by atoms with Crippen molar-refractivity contribution < 1.29 is 30.0 Å². The van der Waals surface area contributed by atoms with Crippen molar-refractivity contribution in [2.24, 2.45) is 35.5 Å². The largest absolute Gasteiger partial charge is 0.508 e. The molecule has 2 saturated carbocycles. The monoisotopic (exact) mass is 919 g/mol. The summed E-state index contributed by atoms with van der Waals surface area (Å²) in [6.45, 7) is 11.5. The molecule has 4 aromatic carbocycles. The minimum absolute atomic E-state index is 0. The van der Waals surface area contributed by atoms with Crippen LogP contribution in [0.3, 0.4) is 0 Å². The Morgan fingerprint density at radius 3 is 1.50 bits per heavy atom. The van der Waals surface area contributed by atoms with E-state index in [-0.39, 0.29) is 36.9 Å². The van der Waals surface area contributed by atoms with Crippen molar-refractivity contribution in [3.8, 4) is 11.5 Å². The maximum Gasteiger partial charge on any atom is 0.261 e. The molecule has 5 N–H and O–H groups in total. The zero-order chi connectivity index (χ0) is 46.1. The van der Waals surface area contributed by atoms with Gasteiger partial charge < -0.3 is 30.0 Å². The normalized spacial score (nSPS) is 25.3. The number of fused-ring (bicyclic) bond motifs is 4. The van der Waals surface area contributed by atoms with E-state index in [1.807, 2.05) is 18.2 Å². The van der Waals surface area contributed by atoms with Crippen LogP contribution in [0.2, 0.25) is 5.04 Å². The number of hydrogen-bond donors (Lipinski definition) is 5. The van der Waals surface area contributed by atoms with Crippen molar-refractivity contribution in [3.63, 3.8) is 0 Å². The molecule has 8 rings (SSSR count). The molecule has 0 radical (unpaired) electrons. The van der Waals surface area contributed by atoms with Gasteiger partial charge in [0.05, 0.1) is 18.3 Å². The number of aliphatic hydroxyl groups is 3. The smallest absolute Gasteiger partial charge is 0.261 e. The van der Waals surface area contributed by atoms with Gasteiger partial charge in [0.1, 0.15) is 11.5 Å². The summed E-state index contributed by atoms with van der Waals surface area (Å²) >= 11 is 0. The lowest BCUT2D eigenvalue weighted by Crippen LogP contribution is -2.68. The van der Waals surface area contributed by atoms with Crippen molar-refractivity contribution in [1.82, 2.24) is 0 Å². The van der Waals surface area contributed by atoms with E-state index in [0.29, 0.717) is 47.0 Å². The summed E-state index contributed by atoms with van der Waals surface area (Å²) in [5, 5.41) is 55.1. The Hall–Kier alpha value is -3.46. The zero-order valence-electron chi connectivity index (χ0n) is 40.4. The second kappa shape index (κ2) is 23.7. The highest BCUT2D eigenvalue weighted by Gasteiger charge is 2.55. The lowest BCUT2D eigenvalue weighted by Gasteiger charge is -2.46. The third kappa shape index (κ3) is 11.9. The number of phenols is 2. The molecule has 0 heterocycles. The molecule has 7 heteroatoms. The van der Waals surface area contributed by atoms with Gasteiger partial charge in [-0.1, -0.05) is 165 Å². The van der Waals surface area contributed by atoms with Crippen molar-refractivity contribution in [3.05, 3.63) is 119 Å². The van der Waals surface area contributed by atoms with E-state index >= 15 is 0 Å². The highest BCUT2D eigenvalue weighted by atomic mass is 28.4. The second-order valence-corrected chi connectivity index (χ2v) is 25.9. The number of benzene rings is 4. The van der Waals surface area contributed by atoms with E-state index in [1.54, 1.807) is 6.07 Å². The summed E-state index contributed by atoms with van der Waals surface area (Å²) in [4.78, 5) is 0. The maximum absolute atomic E-state index is 11.0. The molecule has 0 aliphatic heterocycles. The zero-order valence-corrected chi connectivity index (χ0v) is 41.4. The molecule has 0 spiro atoms. The van der Waals surface area contributed by atoms with Crippen LogP contribution in [0.4, 0.5) is 0 Å². The number of phenolic OH excluding ortho intramolecular Hbond substituents is 2. The molecule has 4 aromatic rings. The van der Waals surface area contributed by atoms with Crippen LogP contribution in [-0.4, -0.2) is 58.3 Å². The highest BCUT2D eigenvalue weighted by Crippen LogP contribution is 2.52. The minimum Gasteiger partial charge on any atom is -0.508 e. The first-order valence-electron chi connectivity index (χ1n) is 25.8. The maximum atomic E-state index is 11.0. The van der Waals surface area contributed by atoms with Crippen molar-refractivity contribution >= 4 is 18.7 Å². The van der Waals surface area contributed by atoms with Gasteiger partial charge in [0.25, 0.3) is 8.32 Å². The molecule has 10 atom stereocenters. The van der Waals surface area contributed by atoms with Crippen LogP contribution in [0.5, 0.6) is 11.5 Å². The molecule has 6 nitrogen and oxygen atoms in total. The van der Waals surface area contributed by atoms with Crippen molar-refractivity contribution in [2.45, 2.75) is 187 Å². The van der Waals surface area contributed by atoms with E-state index < -0.39 is 8.32 Å². The SMILES string of the molecule is C.CCCCC[C@H](O)CC[C@@H]1[C@H]2Cc3cccc(O)c3C[C@H]2C[C@H]1O.CCCCC[C@H](O)CC[C@@H]1[C@H]2Cc3cccc(O)c3C[C@H]2C[C@H]1O[Si](c1ccccc1)(c1ccccc1)C(C)(C)C. The van der Waals surface area contributed by atoms with Crippen LogP contribution in [0.1, 0.15) is 154 Å². The summed E-state index contributed by atoms with van der Waals surface area (Å²) in [5.41, 5.74) is 4.77. The fourth-order valence-electron chi connectivity index (χ4n) is 13.0. The Bertz CT molecular complexity index is 2030. The van der Waals surface area contributed by atoms with Gasteiger partial charge >= 0.3 is 0 Å². The summed E-state index contributed by atoms with van der Waals surface area (Å²) in [6, 6.07) is 33.8. The molecular weight excluding hydrogens is 833 g/mol. The van der Waals surface area contributed by atoms with E-state index in [4.69, 9.17) is 4.43 Å². The molecule has 2 fully saturated rings. The quantitative estimate of drug-likeness (QED) is 0.0502. The van der Waals surface area contributed by atoms with Gasteiger partial charge in [0, 0.05) is 6.10 Å². The summed E-state index contributed by atoms with van der Waals surface area (Å²) in [6.07, 6.45) is 17.3. The number of aliphatic hydroxyl groups excluding tert-OH is 3. The Balaban J connectivity index is 0.000000245. The van der Waals surface area contributed by atoms with Crippen molar-refractivity contribution in [2.75, 3.05) is 0 Å². The molecule has 0 bridgehead atoms. The van der Waals surface area contributed by atoms with E-state index in [2.05, 4.69) is 107 Å². The predicted molar refractivity (Wildman–Crippen MR) is 275 cm³/mol. The molecule has 362 valence electrons. The Kier molecular flexibility index (Phi) is 18.6. The fraction of sp³-hybridized carbons (Fsp3) is 0.593. The van der Waals surface area contributed by atoms with E-state index in [1.165, 1.54) is 47.2 Å². The number of hydrogen-bond acceptors (Lipinski definition) is 6. The third-order valence-corrected chi connectivity index (χ3v) is 21.5. The van der Waals surface area contributed by atoms with Gasteiger partial charge in [-0.25, -0.2) is 0 Å². The van der Waals surface area contributed by atoms with Crippen LogP contribution in [0.25, 0.3) is 0 Å². The molecule has 0 saturated heterocycles. The lowest BCUT2D eigenvalue weighted by molar-refractivity contribution is 0.0869. The van der Waals surface area contributed by atoms with Crippen molar-refractivity contribution in [1.29, 1.82) is 0 Å². The van der Waals surface area contributed by atoms with Gasteiger partial charge in [-0.3, -0.25) is 0 Å². The summed E-state index contributed by atoms with van der Waals surface area (Å²) in [5.74, 6) is 3.51. The van der Waals surface area contributed by atoms with E-state index in [9.17, 15) is 25.5 Å². The number of unbranched alkanes of at least 4 members (excludes halogenated alkanes) is 4. The molecule has 0 amide bonds. The first-order chi connectivity index (χ1) is 31.3. The van der Waals surface area contributed by atoms with Gasteiger partial charge in [-0.05, 0) is 162 Å². The van der Waals surface area contributed by atoms with Gasteiger partial charge in [-0.2, -0.15) is 0 Å².